The molecular formula is C58H113NO5. The molecule has 0 bridgehead atoms. The van der Waals surface area contributed by atoms with Crippen molar-refractivity contribution in [2.45, 2.75) is 334 Å². The predicted molar refractivity (Wildman–Crippen MR) is 278 cm³/mol. The highest BCUT2D eigenvalue weighted by Crippen LogP contribution is 2.17. The van der Waals surface area contributed by atoms with E-state index in [-0.39, 0.29) is 18.5 Å². The van der Waals surface area contributed by atoms with E-state index in [9.17, 15) is 19.8 Å². The summed E-state index contributed by atoms with van der Waals surface area (Å²) in [6.45, 7) is 4.92. The van der Waals surface area contributed by atoms with Gasteiger partial charge in [0, 0.05) is 12.8 Å². The minimum atomic E-state index is -0.680. The van der Waals surface area contributed by atoms with Crippen molar-refractivity contribution < 1.29 is 24.5 Å². The summed E-state index contributed by atoms with van der Waals surface area (Å²) in [6.07, 6.45) is 63.4. The standard InChI is InChI=1S/C58H113NO5/c1-3-5-7-9-11-13-15-17-19-21-23-25-27-32-36-40-44-48-52-58(63)64-53-49-45-41-37-33-29-28-31-35-39-43-47-51-57(62)59-55(54-60)56(61)50-46-42-38-34-30-26-24-22-20-18-16-14-12-10-8-6-4-2/h29,33,55-56,60-61H,3-28,30-32,34-54H2,1-2H3,(H,59,62)/b33-29-. The molecule has 2 unspecified atom stereocenters. The minimum absolute atomic E-state index is 0.0176. The van der Waals surface area contributed by atoms with Gasteiger partial charge in [-0.25, -0.2) is 0 Å². The lowest BCUT2D eigenvalue weighted by molar-refractivity contribution is -0.143. The monoisotopic (exact) mass is 904 g/mol. The molecule has 0 aliphatic carbocycles. The van der Waals surface area contributed by atoms with Gasteiger partial charge in [-0.2, -0.15) is 0 Å². The van der Waals surface area contributed by atoms with Crippen LogP contribution in [-0.2, 0) is 14.3 Å². The van der Waals surface area contributed by atoms with Crippen LogP contribution >= 0.6 is 0 Å². The highest BCUT2D eigenvalue weighted by Gasteiger charge is 2.20. The maximum Gasteiger partial charge on any atom is 0.305 e. The molecule has 0 aromatic heterocycles. The number of carbonyl (C=O) groups excluding carboxylic acids is 2. The molecule has 0 saturated carbocycles. The third-order valence-electron chi connectivity index (χ3n) is 13.6. The fourth-order valence-corrected chi connectivity index (χ4v) is 9.11. The van der Waals surface area contributed by atoms with E-state index in [1.165, 1.54) is 212 Å². The number of hydrogen-bond acceptors (Lipinski definition) is 5. The topological polar surface area (TPSA) is 95.9 Å². The van der Waals surface area contributed by atoms with Crippen molar-refractivity contribution in [1.29, 1.82) is 0 Å². The van der Waals surface area contributed by atoms with Crippen LogP contribution in [0.4, 0.5) is 0 Å². The van der Waals surface area contributed by atoms with Crippen LogP contribution < -0.4 is 5.32 Å². The van der Waals surface area contributed by atoms with E-state index < -0.39 is 12.1 Å². The van der Waals surface area contributed by atoms with Crippen LogP contribution in [0.1, 0.15) is 322 Å². The van der Waals surface area contributed by atoms with Crippen LogP contribution in [0.15, 0.2) is 12.2 Å². The summed E-state index contributed by atoms with van der Waals surface area (Å²) in [5, 5.41) is 23.3. The Bertz CT molecular complexity index is 955. The number of hydrogen-bond donors (Lipinski definition) is 3. The van der Waals surface area contributed by atoms with Crippen LogP contribution in [0.5, 0.6) is 0 Å². The largest absolute Gasteiger partial charge is 0.466 e. The zero-order valence-corrected chi connectivity index (χ0v) is 43.3. The second kappa shape index (κ2) is 54.2. The molecule has 0 aromatic carbocycles. The first-order chi connectivity index (χ1) is 31.5. The number of unbranched alkanes of at least 4 members (excludes halogenated alkanes) is 41. The number of carbonyl (C=O) groups is 2. The van der Waals surface area contributed by atoms with Gasteiger partial charge in [-0.3, -0.25) is 9.59 Å². The second-order valence-corrected chi connectivity index (χ2v) is 20.0. The number of nitrogens with one attached hydrogen (secondary N) is 1. The van der Waals surface area contributed by atoms with Crippen molar-refractivity contribution in [3.63, 3.8) is 0 Å². The van der Waals surface area contributed by atoms with Crippen LogP contribution in [-0.4, -0.2) is 47.4 Å². The molecule has 1 amide bonds. The van der Waals surface area contributed by atoms with Crippen molar-refractivity contribution in [2.75, 3.05) is 13.2 Å². The molecule has 0 aliphatic heterocycles. The average Bonchev–Trinajstić information content (AvgIpc) is 3.29. The Kier molecular flexibility index (Phi) is 53.0. The van der Waals surface area contributed by atoms with E-state index in [4.69, 9.17) is 4.74 Å². The van der Waals surface area contributed by atoms with Crippen molar-refractivity contribution >= 4 is 11.9 Å². The Morgan fingerprint density at radius 1 is 0.422 bits per heavy atom. The van der Waals surface area contributed by atoms with Gasteiger partial charge in [0.25, 0.3) is 0 Å². The SMILES string of the molecule is CCCCCCCCCCCCCCCCCCCCC(=O)OCCCCC/C=C\CCCCCCCC(=O)NC(CO)C(O)CCCCCCCCCCCCCCCCCCC. The molecule has 0 radical (unpaired) electrons. The van der Waals surface area contributed by atoms with Gasteiger partial charge in [-0.1, -0.05) is 264 Å². The molecule has 0 fully saturated rings. The van der Waals surface area contributed by atoms with Gasteiger partial charge in [0.15, 0.2) is 0 Å². The normalized spacial score (nSPS) is 12.6. The number of allylic oxidation sites excluding steroid dienone is 2. The molecule has 0 aliphatic rings. The predicted octanol–water partition coefficient (Wildman–Crippen LogP) is 17.7. The first-order valence-corrected chi connectivity index (χ1v) is 28.9. The van der Waals surface area contributed by atoms with Crippen LogP contribution in [0.25, 0.3) is 0 Å². The molecule has 0 aromatic rings. The quantitative estimate of drug-likeness (QED) is 0.0321. The Hall–Kier alpha value is -1.40. The van der Waals surface area contributed by atoms with Gasteiger partial charge in [-0.05, 0) is 57.8 Å². The van der Waals surface area contributed by atoms with E-state index in [1.807, 2.05) is 0 Å². The fourth-order valence-electron chi connectivity index (χ4n) is 9.11. The third-order valence-corrected chi connectivity index (χ3v) is 13.6. The summed E-state index contributed by atoms with van der Waals surface area (Å²) < 4.78 is 5.47. The maximum atomic E-state index is 12.5. The minimum Gasteiger partial charge on any atom is -0.466 e. The van der Waals surface area contributed by atoms with Gasteiger partial charge in [-0.15, -0.1) is 0 Å². The van der Waals surface area contributed by atoms with E-state index in [2.05, 4.69) is 31.3 Å². The zero-order valence-electron chi connectivity index (χ0n) is 43.3. The molecule has 0 spiro atoms. The molecule has 0 saturated heterocycles. The first-order valence-electron chi connectivity index (χ1n) is 28.9. The van der Waals surface area contributed by atoms with E-state index in [0.717, 1.165) is 77.0 Å². The third kappa shape index (κ3) is 50.0. The molecule has 6 heteroatoms. The number of aliphatic hydroxyl groups is 2. The Morgan fingerprint density at radius 3 is 1.11 bits per heavy atom. The van der Waals surface area contributed by atoms with Crippen molar-refractivity contribution in [1.82, 2.24) is 5.32 Å². The van der Waals surface area contributed by atoms with Crippen molar-refractivity contribution in [2.24, 2.45) is 0 Å². The Morgan fingerprint density at radius 2 is 0.734 bits per heavy atom. The highest BCUT2D eigenvalue weighted by atomic mass is 16.5. The van der Waals surface area contributed by atoms with Crippen molar-refractivity contribution in [3.8, 4) is 0 Å². The molecule has 0 rings (SSSR count). The summed E-state index contributed by atoms with van der Waals surface area (Å²) in [7, 11) is 0. The average molecular weight is 905 g/mol. The van der Waals surface area contributed by atoms with Gasteiger partial charge < -0.3 is 20.3 Å². The first kappa shape index (κ1) is 62.6. The van der Waals surface area contributed by atoms with Crippen LogP contribution in [0.3, 0.4) is 0 Å². The molecule has 6 nitrogen and oxygen atoms in total. The number of ether oxygens (including phenoxy) is 1. The number of rotatable bonds is 54. The van der Waals surface area contributed by atoms with E-state index >= 15 is 0 Å². The van der Waals surface area contributed by atoms with E-state index in [1.54, 1.807) is 0 Å². The lowest BCUT2D eigenvalue weighted by Gasteiger charge is -2.22. The molecule has 2 atom stereocenters. The number of amides is 1. The molecule has 0 heterocycles. The van der Waals surface area contributed by atoms with Crippen LogP contribution in [0.2, 0.25) is 0 Å². The summed E-state index contributed by atoms with van der Waals surface area (Å²) in [6, 6.07) is -0.559. The van der Waals surface area contributed by atoms with E-state index in [0.29, 0.717) is 25.9 Å². The summed E-state index contributed by atoms with van der Waals surface area (Å²) in [5.74, 6) is -0.0755. The molecular weight excluding hydrogens is 791 g/mol. The number of esters is 1. The van der Waals surface area contributed by atoms with Crippen LogP contribution in [0, 0.1) is 0 Å². The van der Waals surface area contributed by atoms with Gasteiger partial charge >= 0.3 is 5.97 Å². The highest BCUT2D eigenvalue weighted by molar-refractivity contribution is 5.76. The Labute approximate surface area is 399 Å². The second-order valence-electron chi connectivity index (χ2n) is 20.0. The summed E-state index contributed by atoms with van der Waals surface area (Å²) >= 11 is 0. The van der Waals surface area contributed by atoms with Gasteiger partial charge in [0.1, 0.15) is 0 Å². The maximum absolute atomic E-state index is 12.5. The lowest BCUT2D eigenvalue weighted by atomic mass is 10.0. The Balaban J connectivity index is 3.47. The van der Waals surface area contributed by atoms with Gasteiger partial charge in [0.05, 0.1) is 25.4 Å². The lowest BCUT2D eigenvalue weighted by Crippen LogP contribution is -2.45. The number of aliphatic hydroxyl groups excluding tert-OH is 2. The molecule has 64 heavy (non-hydrogen) atoms. The summed E-state index contributed by atoms with van der Waals surface area (Å²) in [5.41, 5.74) is 0. The smallest absolute Gasteiger partial charge is 0.305 e. The van der Waals surface area contributed by atoms with Crippen molar-refractivity contribution in [3.05, 3.63) is 12.2 Å². The molecule has 3 N–H and O–H groups in total. The zero-order chi connectivity index (χ0) is 46.5. The molecule has 380 valence electrons. The van der Waals surface area contributed by atoms with Gasteiger partial charge in [0.2, 0.25) is 5.91 Å². The summed E-state index contributed by atoms with van der Waals surface area (Å²) in [4.78, 5) is 24.6. The fraction of sp³-hybridized carbons (Fsp3) is 0.931.